The van der Waals surface area contributed by atoms with Crippen LogP contribution in [0.5, 0.6) is 0 Å². The number of rotatable bonds is 0. The molecular weight excluding hydrogens is 170 g/mol. The highest BCUT2D eigenvalue weighted by atomic mass is 16.6. The summed E-state index contributed by atoms with van der Waals surface area (Å²) in [7, 11) is 0. The van der Waals surface area contributed by atoms with Crippen LogP contribution in [0.3, 0.4) is 0 Å². The third-order valence-electron chi connectivity index (χ3n) is 1.60. The lowest BCUT2D eigenvalue weighted by atomic mass is 10.2. The van der Waals surface area contributed by atoms with Crippen molar-refractivity contribution in [2.24, 2.45) is 5.73 Å². The molecule has 0 amide bonds. The smallest absolute Gasteiger partial charge is 0.333 e. The Morgan fingerprint density at radius 3 is 2.92 bits per heavy atom. The first-order valence-electron chi connectivity index (χ1n) is 4.08. The topological polar surface area (TPSA) is 61.6 Å². The molecule has 1 rings (SSSR count). The lowest BCUT2D eigenvalue weighted by Crippen LogP contribution is -2.15. The number of carbonyl (C=O) groups is 1. The van der Waals surface area contributed by atoms with Gasteiger partial charge in [0.05, 0.1) is 13.2 Å². The second kappa shape index (κ2) is 4.67. The van der Waals surface area contributed by atoms with Crippen molar-refractivity contribution >= 4 is 5.97 Å². The molecule has 0 radical (unpaired) electrons. The maximum absolute atomic E-state index is 11.1. The van der Waals surface area contributed by atoms with Crippen LogP contribution < -0.4 is 5.73 Å². The number of esters is 1. The molecule has 0 fully saturated rings. The van der Waals surface area contributed by atoms with E-state index < -0.39 is 0 Å². The summed E-state index contributed by atoms with van der Waals surface area (Å²) in [6, 6.07) is 0. The summed E-state index contributed by atoms with van der Waals surface area (Å²) in [4.78, 5) is 11.1. The third-order valence-corrected chi connectivity index (χ3v) is 1.60. The van der Waals surface area contributed by atoms with Crippen LogP contribution >= 0.6 is 0 Å². The van der Waals surface area contributed by atoms with E-state index in [1.807, 2.05) is 0 Å². The fourth-order valence-corrected chi connectivity index (χ4v) is 0.845. The van der Waals surface area contributed by atoms with Gasteiger partial charge in [-0.25, -0.2) is 4.79 Å². The van der Waals surface area contributed by atoms with Crippen molar-refractivity contribution in [1.82, 2.24) is 0 Å². The lowest BCUT2D eigenvalue weighted by molar-refractivity contribution is -0.140. The van der Waals surface area contributed by atoms with Crippen LogP contribution in [0.2, 0.25) is 0 Å². The molecule has 0 aromatic carbocycles. The van der Waals surface area contributed by atoms with Gasteiger partial charge in [-0.2, -0.15) is 0 Å². The number of cyclic esters (lactones) is 1. The Labute approximate surface area is 77.0 Å². The highest BCUT2D eigenvalue weighted by Gasteiger charge is 2.05. The Kier molecular flexibility index (Phi) is 3.52. The number of nitrogens with two attached hydrogens (primary N) is 1. The summed E-state index contributed by atoms with van der Waals surface area (Å²) in [5.41, 5.74) is 6.72. The molecular formula is C9H13NO3. The molecule has 0 spiro atoms. The predicted molar refractivity (Wildman–Crippen MR) is 47.8 cm³/mol. The minimum Gasteiger partial charge on any atom is -0.460 e. The molecule has 0 bridgehead atoms. The van der Waals surface area contributed by atoms with Gasteiger partial charge in [0.25, 0.3) is 0 Å². The molecule has 0 aromatic rings. The number of hydrogen-bond donors (Lipinski definition) is 1. The van der Waals surface area contributed by atoms with E-state index in [-0.39, 0.29) is 12.6 Å². The zero-order valence-electron chi connectivity index (χ0n) is 7.58. The molecule has 13 heavy (non-hydrogen) atoms. The molecule has 4 heteroatoms. The Hall–Kier alpha value is -1.29. The Morgan fingerprint density at radius 1 is 1.38 bits per heavy atom. The van der Waals surface area contributed by atoms with Crippen molar-refractivity contribution in [2.45, 2.75) is 6.92 Å². The van der Waals surface area contributed by atoms with E-state index in [4.69, 9.17) is 15.2 Å². The average molecular weight is 183 g/mol. The quantitative estimate of drug-likeness (QED) is 0.550. The highest BCUT2D eigenvalue weighted by Crippen LogP contribution is 2.00. The van der Waals surface area contributed by atoms with E-state index in [9.17, 15) is 4.79 Å². The van der Waals surface area contributed by atoms with Gasteiger partial charge in [-0.3, -0.25) is 0 Å². The standard InChI is InChI=1S/C9H13NO3/c1-7-2-3-8(10)6-12-4-5-13-9(7)11/h2-3H,4-6,10H2,1H3/b7-2+,8-3+. The van der Waals surface area contributed by atoms with E-state index >= 15 is 0 Å². The lowest BCUT2D eigenvalue weighted by Gasteiger charge is -2.08. The van der Waals surface area contributed by atoms with Gasteiger partial charge in [0.2, 0.25) is 0 Å². The molecule has 0 atom stereocenters. The van der Waals surface area contributed by atoms with Crippen LogP contribution in [-0.2, 0) is 14.3 Å². The highest BCUT2D eigenvalue weighted by molar-refractivity contribution is 5.88. The molecule has 0 aliphatic carbocycles. The minimum absolute atomic E-state index is 0.275. The van der Waals surface area contributed by atoms with Gasteiger partial charge in [0, 0.05) is 11.3 Å². The minimum atomic E-state index is -0.324. The van der Waals surface area contributed by atoms with E-state index in [0.717, 1.165) is 0 Å². The number of carbonyl (C=O) groups excluding carboxylic acids is 1. The molecule has 0 aromatic heterocycles. The van der Waals surface area contributed by atoms with E-state index in [1.54, 1.807) is 19.1 Å². The van der Waals surface area contributed by atoms with Crippen LogP contribution in [0.4, 0.5) is 0 Å². The third kappa shape index (κ3) is 3.29. The molecule has 2 N–H and O–H groups in total. The molecule has 4 nitrogen and oxygen atoms in total. The zero-order valence-corrected chi connectivity index (χ0v) is 7.58. The molecule has 1 heterocycles. The van der Waals surface area contributed by atoms with Crippen molar-refractivity contribution in [1.29, 1.82) is 0 Å². The average Bonchev–Trinajstić information content (AvgIpc) is 2.12. The number of ether oxygens (including phenoxy) is 2. The Bertz CT molecular complexity index is 256. The van der Waals surface area contributed by atoms with E-state index in [2.05, 4.69) is 0 Å². The molecule has 1 aliphatic rings. The predicted octanol–water partition coefficient (Wildman–Crippen LogP) is 0.349. The van der Waals surface area contributed by atoms with Crippen molar-refractivity contribution in [3.63, 3.8) is 0 Å². The fraction of sp³-hybridized carbons (Fsp3) is 0.444. The maximum Gasteiger partial charge on any atom is 0.333 e. The second-order valence-corrected chi connectivity index (χ2v) is 2.78. The van der Waals surface area contributed by atoms with Gasteiger partial charge < -0.3 is 15.2 Å². The molecule has 0 saturated heterocycles. The SMILES string of the molecule is C/C1=C\C=C(\N)COCCOC1=O. The van der Waals surface area contributed by atoms with Gasteiger partial charge >= 0.3 is 5.97 Å². The van der Waals surface area contributed by atoms with Crippen LogP contribution in [0, 0.1) is 0 Å². The van der Waals surface area contributed by atoms with Crippen molar-refractivity contribution in [3.8, 4) is 0 Å². The summed E-state index contributed by atoms with van der Waals surface area (Å²) in [5, 5.41) is 0. The fourth-order valence-electron chi connectivity index (χ4n) is 0.845. The van der Waals surface area contributed by atoms with E-state index in [1.165, 1.54) is 0 Å². The molecule has 0 saturated carbocycles. The summed E-state index contributed by atoms with van der Waals surface area (Å²) in [6.07, 6.45) is 3.29. The van der Waals surface area contributed by atoms with Gasteiger partial charge in [0.15, 0.2) is 0 Å². The normalized spacial score (nSPS) is 27.9. The van der Waals surface area contributed by atoms with Gasteiger partial charge in [0.1, 0.15) is 6.61 Å². The van der Waals surface area contributed by atoms with Crippen molar-refractivity contribution in [3.05, 3.63) is 23.4 Å². The van der Waals surface area contributed by atoms with Gasteiger partial charge in [-0.05, 0) is 13.0 Å². The monoisotopic (exact) mass is 183 g/mol. The van der Waals surface area contributed by atoms with Crippen molar-refractivity contribution in [2.75, 3.05) is 19.8 Å². The van der Waals surface area contributed by atoms with Gasteiger partial charge in [-0.15, -0.1) is 0 Å². The zero-order chi connectivity index (χ0) is 9.68. The Balaban J connectivity index is 2.73. The largest absolute Gasteiger partial charge is 0.460 e. The molecule has 0 unspecified atom stereocenters. The summed E-state index contributed by atoms with van der Waals surface area (Å²) >= 11 is 0. The van der Waals surface area contributed by atoms with Crippen LogP contribution in [-0.4, -0.2) is 25.8 Å². The number of allylic oxidation sites excluding steroid dienone is 2. The first-order chi connectivity index (χ1) is 6.20. The first-order valence-corrected chi connectivity index (χ1v) is 4.08. The summed E-state index contributed by atoms with van der Waals surface area (Å²) in [5.74, 6) is -0.324. The first kappa shape index (κ1) is 9.80. The maximum atomic E-state index is 11.1. The van der Waals surface area contributed by atoms with Crippen LogP contribution in [0.15, 0.2) is 23.4 Å². The van der Waals surface area contributed by atoms with E-state index in [0.29, 0.717) is 24.5 Å². The Morgan fingerprint density at radius 2 is 2.15 bits per heavy atom. The summed E-state index contributed by atoms with van der Waals surface area (Å²) < 4.78 is 9.97. The summed E-state index contributed by atoms with van der Waals surface area (Å²) in [6.45, 7) is 2.72. The molecule has 1 aliphatic heterocycles. The van der Waals surface area contributed by atoms with Crippen LogP contribution in [0.1, 0.15) is 6.92 Å². The molecule has 72 valence electrons. The second-order valence-electron chi connectivity index (χ2n) is 2.78. The van der Waals surface area contributed by atoms with Crippen molar-refractivity contribution < 1.29 is 14.3 Å². The van der Waals surface area contributed by atoms with Crippen LogP contribution in [0.25, 0.3) is 0 Å². The number of hydrogen-bond acceptors (Lipinski definition) is 4. The van der Waals surface area contributed by atoms with Gasteiger partial charge in [-0.1, -0.05) is 6.08 Å².